The number of hydrogen-bond donors (Lipinski definition) is 1. The van der Waals surface area contributed by atoms with Crippen LogP contribution in [0.25, 0.3) is 0 Å². The number of hydrogen-bond acceptors (Lipinski definition) is 3. The lowest BCUT2D eigenvalue weighted by molar-refractivity contribution is -0.116. The van der Waals surface area contributed by atoms with Gasteiger partial charge in [0.05, 0.1) is 12.6 Å². The molecule has 0 atom stereocenters. The van der Waals surface area contributed by atoms with Gasteiger partial charge in [-0.05, 0) is 38.1 Å². The van der Waals surface area contributed by atoms with Gasteiger partial charge >= 0.3 is 0 Å². The zero-order valence-corrected chi connectivity index (χ0v) is 13.2. The molecule has 1 N–H and O–H groups in total. The molecule has 0 unspecified atom stereocenters. The predicted molar refractivity (Wildman–Crippen MR) is 90.5 cm³/mol. The fourth-order valence-electron chi connectivity index (χ4n) is 2.04. The first-order chi connectivity index (χ1) is 10.6. The number of carbonyl (C=O) groups is 1. The Kier molecular flexibility index (Phi) is 5.42. The molecule has 0 bridgehead atoms. The van der Waals surface area contributed by atoms with Gasteiger partial charge in [0, 0.05) is 24.5 Å². The van der Waals surface area contributed by atoms with Crippen molar-refractivity contribution in [1.82, 2.24) is 0 Å². The molecule has 2 rings (SSSR count). The van der Waals surface area contributed by atoms with Gasteiger partial charge in [0.2, 0.25) is 5.91 Å². The summed E-state index contributed by atoms with van der Waals surface area (Å²) >= 11 is 0. The number of benzene rings is 2. The van der Waals surface area contributed by atoms with Crippen molar-refractivity contribution in [2.75, 3.05) is 23.8 Å². The van der Waals surface area contributed by atoms with Gasteiger partial charge in [0.15, 0.2) is 0 Å². The molecular weight excluding hydrogens is 276 g/mol. The highest BCUT2D eigenvalue weighted by atomic mass is 16.5. The van der Waals surface area contributed by atoms with Crippen LogP contribution in [0.1, 0.15) is 13.8 Å². The Morgan fingerprint density at radius 1 is 1.14 bits per heavy atom. The fraction of sp³-hybridized carbons (Fsp3) is 0.278. The maximum atomic E-state index is 12.2. The minimum Gasteiger partial charge on any atom is -0.491 e. The molecule has 0 saturated carbocycles. The quantitative estimate of drug-likeness (QED) is 0.886. The van der Waals surface area contributed by atoms with Crippen molar-refractivity contribution in [1.29, 1.82) is 0 Å². The van der Waals surface area contributed by atoms with Gasteiger partial charge in [-0.2, -0.15) is 0 Å². The molecule has 2 aromatic carbocycles. The van der Waals surface area contributed by atoms with Crippen LogP contribution in [-0.2, 0) is 4.79 Å². The minimum atomic E-state index is 0.00128. The van der Waals surface area contributed by atoms with Crippen LogP contribution in [0.3, 0.4) is 0 Å². The zero-order valence-electron chi connectivity index (χ0n) is 13.2. The average Bonchev–Trinajstić information content (AvgIpc) is 2.52. The number of para-hydroxylation sites is 1. The standard InChI is InChI=1S/C18H22N2O2/c1-14(2)22-17-11-7-8-15(12-17)19-13-18(21)20(3)16-9-5-4-6-10-16/h4-12,14,19H,13H2,1-3H3. The smallest absolute Gasteiger partial charge is 0.246 e. The molecule has 1 amide bonds. The van der Waals surface area contributed by atoms with Gasteiger partial charge in [-0.25, -0.2) is 0 Å². The number of carbonyl (C=O) groups excluding carboxylic acids is 1. The van der Waals surface area contributed by atoms with Crippen LogP contribution in [0.2, 0.25) is 0 Å². The van der Waals surface area contributed by atoms with Crippen molar-refractivity contribution in [2.24, 2.45) is 0 Å². The molecule has 0 heterocycles. The fourth-order valence-corrected chi connectivity index (χ4v) is 2.04. The molecule has 0 saturated heterocycles. The molecular formula is C18H22N2O2. The summed E-state index contributed by atoms with van der Waals surface area (Å²) < 4.78 is 5.64. The van der Waals surface area contributed by atoms with Crippen molar-refractivity contribution in [3.63, 3.8) is 0 Å². The van der Waals surface area contributed by atoms with Crippen molar-refractivity contribution in [3.8, 4) is 5.75 Å². The van der Waals surface area contributed by atoms with Crippen LogP contribution >= 0.6 is 0 Å². The first-order valence-electron chi connectivity index (χ1n) is 7.38. The van der Waals surface area contributed by atoms with Crippen LogP contribution in [0.15, 0.2) is 54.6 Å². The van der Waals surface area contributed by atoms with Gasteiger partial charge in [-0.1, -0.05) is 24.3 Å². The van der Waals surface area contributed by atoms with Crippen molar-refractivity contribution < 1.29 is 9.53 Å². The van der Waals surface area contributed by atoms with Crippen LogP contribution in [0, 0.1) is 0 Å². The van der Waals surface area contributed by atoms with E-state index >= 15 is 0 Å². The maximum absolute atomic E-state index is 12.2. The van der Waals surface area contributed by atoms with E-state index in [2.05, 4.69) is 5.32 Å². The lowest BCUT2D eigenvalue weighted by Gasteiger charge is -2.18. The molecule has 22 heavy (non-hydrogen) atoms. The van der Waals surface area contributed by atoms with Crippen molar-refractivity contribution in [2.45, 2.75) is 20.0 Å². The van der Waals surface area contributed by atoms with Crippen molar-refractivity contribution in [3.05, 3.63) is 54.6 Å². The molecule has 4 heteroatoms. The van der Waals surface area contributed by atoms with Crippen molar-refractivity contribution >= 4 is 17.3 Å². The minimum absolute atomic E-state index is 0.00128. The summed E-state index contributed by atoms with van der Waals surface area (Å²) in [7, 11) is 1.78. The van der Waals surface area contributed by atoms with Gasteiger partial charge in [0.1, 0.15) is 5.75 Å². The van der Waals surface area contributed by atoms with E-state index in [4.69, 9.17) is 4.74 Å². The van der Waals surface area contributed by atoms with E-state index in [1.165, 1.54) is 0 Å². The summed E-state index contributed by atoms with van der Waals surface area (Å²) in [6.07, 6.45) is 0.126. The Morgan fingerprint density at radius 2 is 1.86 bits per heavy atom. The molecule has 2 aromatic rings. The second-order valence-electron chi connectivity index (χ2n) is 5.34. The lowest BCUT2D eigenvalue weighted by atomic mass is 10.3. The monoisotopic (exact) mass is 298 g/mol. The molecule has 0 aliphatic rings. The van der Waals surface area contributed by atoms with Crippen LogP contribution < -0.4 is 15.0 Å². The number of rotatable bonds is 6. The molecule has 0 aliphatic carbocycles. The van der Waals surface area contributed by atoms with E-state index in [0.29, 0.717) is 0 Å². The molecule has 116 valence electrons. The van der Waals surface area contributed by atoms with Crippen LogP contribution in [0.4, 0.5) is 11.4 Å². The summed E-state index contributed by atoms with van der Waals surface area (Å²) in [5.41, 5.74) is 1.75. The summed E-state index contributed by atoms with van der Waals surface area (Å²) in [4.78, 5) is 13.9. The average molecular weight is 298 g/mol. The largest absolute Gasteiger partial charge is 0.491 e. The summed E-state index contributed by atoms with van der Waals surface area (Å²) in [5, 5.41) is 3.14. The van der Waals surface area contributed by atoms with E-state index < -0.39 is 0 Å². The highest BCUT2D eigenvalue weighted by molar-refractivity contribution is 5.95. The Hall–Kier alpha value is -2.49. The highest BCUT2D eigenvalue weighted by Crippen LogP contribution is 2.18. The Balaban J connectivity index is 1.93. The Morgan fingerprint density at radius 3 is 2.55 bits per heavy atom. The van der Waals surface area contributed by atoms with Gasteiger partial charge < -0.3 is 15.0 Å². The third-order valence-electron chi connectivity index (χ3n) is 3.17. The first-order valence-corrected chi connectivity index (χ1v) is 7.38. The molecule has 0 fully saturated rings. The van der Waals surface area contributed by atoms with E-state index in [0.717, 1.165) is 17.1 Å². The third kappa shape index (κ3) is 4.52. The van der Waals surface area contributed by atoms with Crippen LogP contribution in [-0.4, -0.2) is 25.6 Å². The van der Waals surface area contributed by atoms with Gasteiger partial charge in [-0.15, -0.1) is 0 Å². The second-order valence-corrected chi connectivity index (χ2v) is 5.34. The number of ether oxygens (including phenoxy) is 1. The number of nitrogens with one attached hydrogen (secondary N) is 1. The summed E-state index contributed by atoms with van der Waals surface area (Å²) in [5.74, 6) is 0.797. The Bertz CT molecular complexity index is 611. The topological polar surface area (TPSA) is 41.6 Å². The second kappa shape index (κ2) is 7.50. The summed E-state index contributed by atoms with van der Waals surface area (Å²) in [6.45, 7) is 4.20. The normalized spacial score (nSPS) is 10.4. The third-order valence-corrected chi connectivity index (χ3v) is 3.17. The highest BCUT2D eigenvalue weighted by Gasteiger charge is 2.10. The maximum Gasteiger partial charge on any atom is 0.246 e. The Labute approximate surface area is 131 Å². The molecule has 0 radical (unpaired) electrons. The van der Waals surface area contributed by atoms with Gasteiger partial charge in [-0.3, -0.25) is 4.79 Å². The predicted octanol–water partition coefficient (Wildman–Crippen LogP) is 3.55. The molecule has 0 aliphatic heterocycles. The molecule has 0 spiro atoms. The van der Waals surface area contributed by atoms with E-state index in [-0.39, 0.29) is 18.6 Å². The van der Waals surface area contributed by atoms with E-state index in [1.54, 1.807) is 11.9 Å². The van der Waals surface area contributed by atoms with Gasteiger partial charge in [0.25, 0.3) is 0 Å². The summed E-state index contributed by atoms with van der Waals surface area (Å²) in [6, 6.07) is 17.2. The van der Waals surface area contributed by atoms with Crippen LogP contribution in [0.5, 0.6) is 5.75 Å². The number of nitrogens with zero attached hydrogens (tertiary/aromatic N) is 1. The number of anilines is 2. The number of likely N-dealkylation sites (N-methyl/N-ethyl adjacent to an activating group) is 1. The molecule has 4 nitrogen and oxygen atoms in total. The lowest BCUT2D eigenvalue weighted by Crippen LogP contribution is -2.32. The first kappa shape index (κ1) is 15.9. The SMILES string of the molecule is CC(C)Oc1cccc(NCC(=O)N(C)c2ccccc2)c1. The van der Waals surface area contributed by atoms with E-state index in [1.807, 2.05) is 68.4 Å². The number of amides is 1. The van der Waals surface area contributed by atoms with E-state index in [9.17, 15) is 4.79 Å². The molecule has 0 aromatic heterocycles. The zero-order chi connectivity index (χ0) is 15.9.